The predicted molar refractivity (Wildman–Crippen MR) is 139 cm³/mol. The molecule has 0 amide bonds. The van der Waals surface area contributed by atoms with Gasteiger partial charge in [0.2, 0.25) is 5.60 Å². The molecular formula is C28H31ClN2O5. The number of rotatable bonds is 11. The van der Waals surface area contributed by atoms with E-state index in [0.29, 0.717) is 6.42 Å². The number of nitrogens with zero attached hydrogens (tertiary/aromatic N) is 2. The predicted octanol–water partition coefficient (Wildman–Crippen LogP) is 5.70. The Balaban J connectivity index is 1.32. The Kier molecular flexibility index (Phi) is 8.31. The number of carbonyl (C=O) groups excluding carboxylic acids is 2. The zero-order valence-corrected chi connectivity index (χ0v) is 21.4. The molecule has 1 atom stereocenters. The van der Waals surface area contributed by atoms with E-state index in [9.17, 15) is 9.59 Å². The monoisotopic (exact) mass is 510 g/mol. The average Bonchev–Trinajstić information content (AvgIpc) is 3.45. The molecule has 2 aromatic carbocycles. The van der Waals surface area contributed by atoms with Crippen LogP contribution < -0.4 is 0 Å². The van der Waals surface area contributed by atoms with Crippen LogP contribution in [0.4, 0.5) is 0 Å². The number of hydrogen-bond donors (Lipinski definition) is 0. The number of methoxy groups -OCH3 is 2. The highest BCUT2D eigenvalue weighted by Gasteiger charge is 2.49. The summed E-state index contributed by atoms with van der Waals surface area (Å²) in [5.74, 6) is -1.15. The fourth-order valence-corrected chi connectivity index (χ4v) is 4.89. The number of aryl methyl sites for hydroxylation is 1. The second-order valence-electron chi connectivity index (χ2n) is 9.15. The van der Waals surface area contributed by atoms with Gasteiger partial charge in [0.15, 0.2) is 0 Å². The van der Waals surface area contributed by atoms with Gasteiger partial charge >= 0.3 is 11.9 Å². The first-order valence-corrected chi connectivity index (χ1v) is 12.5. The molecule has 0 fully saturated rings. The molecule has 0 saturated carbocycles. The Bertz CT molecular complexity index is 1250. The number of ether oxygens (including phenoxy) is 2. The molecule has 7 nitrogen and oxygen atoms in total. The van der Waals surface area contributed by atoms with Crippen molar-refractivity contribution in [1.82, 2.24) is 4.57 Å². The van der Waals surface area contributed by atoms with Crippen LogP contribution in [0.2, 0.25) is 5.02 Å². The van der Waals surface area contributed by atoms with Crippen LogP contribution in [0.5, 0.6) is 0 Å². The smallest absolute Gasteiger partial charge is 0.354 e. The lowest BCUT2D eigenvalue weighted by Gasteiger charge is -2.22. The fraction of sp³-hybridized carbons (Fsp3) is 0.393. The normalized spacial score (nSPS) is 17.0. The third-order valence-electron chi connectivity index (χ3n) is 6.58. The summed E-state index contributed by atoms with van der Waals surface area (Å²) < 4.78 is 11.9. The van der Waals surface area contributed by atoms with Crippen molar-refractivity contribution in [3.8, 4) is 0 Å². The van der Waals surface area contributed by atoms with Crippen molar-refractivity contribution in [1.29, 1.82) is 0 Å². The van der Waals surface area contributed by atoms with E-state index in [-0.39, 0.29) is 12.8 Å². The SMILES string of the molecule is COC(=O)CC1(C(=O)OC)CC(CCCCCn2cc(Cc3ccccc3)c3cc(Cl)ccc32)=NO1. The van der Waals surface area contributed by atoms with Crippen molar-refractivity contribution in [3.05, 3.63) is 70.9 Å². The Labute approximate surface area is 216 Å². The van der Waals surface area contributed by atoms with Crippen molar-refractivity contribution in [2.45, 2.75) is 57.1 Å². The van der Waals surface area contributed by atoms with E-state index in [1.807, 2.05) is 18.2 Å². The van der Waals surface area contributed by atoms with Gasteiger partial charge in [-0.2, -0.15) is 0 Å². The van der Waals surface area contributed by atoms with Crippen LogP contribution in [0, 0.1) is 0 Å². The van der Waals surface area contributed by atoms with E-state index in [0.717, 1.165) is 43.0 Å². The maximum absolute atomic E-state index is 12.3. The first-order valence-electron chi connectivity index (χ1n) is 12.1. The standard InChI is InChI=1S/C28H31ClN2O5/c1-34-26(32)18-28(27(33)35-2)17-23(30-36-28)11-7-4-8-14-31-19-21(15-20-9-5-3-6-10-20)24-16-22(29)12-13-25(24)31/h3,5-6,9-10,12-13,16,19H,4,7-8,11,14-15,17-18H2,1-2H3. The Hall–Kier alpha value is -3.32. The molecule has 2 heterocycles. The second-order valence-corrected chi connectivity index (χ2v) is 9.58. The van der Waals surface area contributed by atoms with Gasteiger partial charge in [0.25, 0.3) is 0 Å². The molecule has 0 radical (unpaired) electrons. The van der Waals surface area contributed by atoms with E-state index in [2.05, 4.69) is 46.3 Å². The van der Waals surface area contributed by atoms with Crippen molar-refractivity contribution < 1.29 is 23.9 Å². The first-order chi connectivity index (χ1) is 17.4. The van der Waals surface area contributed by atoms with Gasteiger partial charge in [-0.15, -0.1) is 0 Å². The number of oxime groups is 1. The quantitative estimate of drug-likeness (QED) is 0.244. The zero-order chi connectivity index (χ0) is 25.5. The Morgan fingerprint density at radius 2 is 1.89 bits per heavy atom. The maximum atomic E-state index is 12.3. The molecule has 1 aromatic heterocycles. The van der Waals surface area contributed by atoms with Crippen LogP contribution in [0.1, 0.15) is 49.7 Å². The summed E-state index contributed by atoms with van der Waals surface area (Å²) in [5.41, 5.74) is 3.06. The molecule has 1 unspecified atom stereocenters. The van der Waals surface area contributed by atoms with Crippen LogP contribution in [0.25, 0.3) is 10.9 Å². The molecule has 1 aliphatic heterocycles. The van der Waals surface area contributed by atoms with E-state index in [1.165, 1.54) is 36.2 Å². The van der Waals surface area contributed by atoms with Gasteiger partial charge < -0.3 is 18.9 Å². The Morgan fingerprint density at radius 3 is 2.64 bits per heavy atom. The number of carbonyl (C=O) groups is 2. The number of aromatic nitrogens is 1. The summed E-state index contributed by atoms with van der Waals surface area (Å²) in [6.45, 7) is 0.893. The van der Waals surface area contributed by atoms with E-state index >= 15 is 0 Å². The minimum atomic E-state index is -1.42. The molecule has 0 spiro atoms. The van der Waals surface area contributed by atoms with E-state index < -0.39 is 17.5 Å². The lowest BCUT2D eigenvalue weighted by molar-refractivity contribution is -0.173. The second kappa shape index (κ2) is 11.6. The summed E-state index contributed by atoms with van der Waals surface area (Å²) in [6, 6.07) is 16.5. The molecule has 0 aliphatic carbocycles. The maximum Gasteiger partial charge on any atom is 0.354 e. The van der Waals surface area contributed by atoms with Gasteiger partial charge in [-0.25, -0.2) is 4.79 Å². The van der Waals surface area contributed by atoms with Gasteiger partial charge in [0.05, 0.1) is 26.4 Å². The molecular weight excluding hydrogens is 480 g/mol. The molecule has 0 bridgehead atoms. The van der Waals surface area contributed by atoms with Crippen LogP contribution in [-0.2, 0) is 36.9 Å². The number of esters is 2. The van der Waals surface area contributed by atoms with Crippen LogP contribution in [0.3, 0.4) is 0 Å². The van der Waals surface area contributed by atoms with Crippen LogP contribution in [0.15, 0.2) is 59.9 Å². The number of unbranched alkanes of at least 4 members (excludes halogenated alkanes) is 2. The number of fused-ring (bicyclic) bond motifs is 1. The Morgan fingerprint density at radius 1 is 1.08 bits per heavy atom. The van der Waals surface area contributed by atoms with Gasteiger partial charge in [-0.05, 0) is 55.0 Å². The number of halogens is 1. The van der Waals surface area contributed by atoms with Crippen molar-refractivity contribution in [2.75, 3.05) is 14.2 Å². The first kappa shape index (κ1) is 25.8. The van der Waals surface area contributed by atoms with E-state index in [1.54, 1.807) is 0 Å². The van der Waals surface area contributed by atoms with E-state index in [4.69, 9.17) is 25.9 Å². The van der Waals surface area contributed by atoms with Crippen molar-refractivity contribution >= 4 is 40.2 Å². The van der Waals surface area contributed by atoms with Crippen molar-refractivity contribution in [2.24, 2.45) is 5.16 Å². The summed E-state index contributed by atoms with van der Waals surface area (Å²) >= 11 is 6.31. The summed E-state index contributed by atoms with van der Waals surface area (Å²) in [4.78, 5) is 29.5. The lowest BCUT2D eigenvalue weighted by Crippen LogP contribution is -2.42. The van der Waals surface area contributed by atoms with Gasteiger partial charge in [0.1, 0.15) is 0 Å². The highest BCUT2D eigenvalue weighted by molar-refractivity contribution is 6.31. The molecule has 3 aromatic rings. The third-order valence-corrected chi connectivity index (χ3v) is 6.82. The summed E-state index contributed by atoms with van der Waals surface area (Å²) in [5, 5.41) is 6.01. The average molecular weight is 511 g/mol. The van der Waals surface area contributed by atoms with Gasteiger partial charge in [-0.1, -0.05) is 53.5 Å². The summed E-state index contributed by atoms with van der Waals surface area (Å²) in [6.07, 6.45) is 6.69. The molecule has 0 N–H and O–H groups in total. The molecule has 1 aliphatic rings. The largest absolute Gasteiger partial charge is 0.469 e. The van der Waals surface area contributed by atoms with Crippen molar-refractivity contribution in [3.63, 3.8) is 0 Å². The number of benzene rings is 2. The fourth-order valence-electron chi connectivity index (χ4n) is 4.72. The molecule has 8 heteroatoms. The highest BCUT2D eigenvalue weighted by Crippen LogP contribution is 2.32. The highest BCUT2D eigenvalue weighted by atomic mass is 35.5. The topological polar surface area (TPSA) is 79.1 Å². The molecule has 4 rings (SSSR count). The van der Waals surface area contributed by atoms with Crippen LogP contribution in [-0.4, -0.2) is 42.0 Å². The lowest BCUT2D eigenvalue weighted by atomic mass is 9.92. The minimum Gasteiger partial charge on any atom is -0.469 e. The molecule has 190 valence electrons. The van der Waals surface area contributed by atoms with Crippen LogP contribution >= 0.6 is 11.6 Å². The zero-order valence-electron chi connectivity index (χ0n) is 20.7. The van der Waals surface area contributed by atoms with Gasteiger partial charge in [-0.3, -0.25) is 4.79 Å². The third kappa shape index (κ3) is 5.90. The molecule has 36 heavy (non-hydrogen) atoms. The molecule has 0 saturated heterocycles. The minimum absolute atomic E-state index is 0.223. The summed E-state index contributed by atoms with van der Waals surface area (Å²) in [7, 11) is 2.55. The number of hydrogen-bond acceptors (Lipinski definition) is 6. The van der Waals surface area contributed by atoms with Gasteiger partial charge in [0, 0.05) is 35.1 Å².